The summed E-state index contributed by atoms with van der Waals surface area (Å²) in [6, 6.07) is 11.8. The summed E-state index contributed by atoms with van der Waals surface area (Å²) in [6.45, 7) is 0.207. The number of aliphatic imine (C=N–C) groups is 1. The second-order valence-corrected chi connectivity index (χ2v) is 9.82. The third kappa shape index (κ3) is 6.62. The highest BCUT2D eigenvalue weighted by Crippen LogP contribution is 2.29. The molecule has 1 fully saturated rings. The minimum absolute atomic E-state index is 0.0321. The summed E-state index contributed by atoms with van der Waals surface area (Å²) in [5.41, 5.74) is 9.21. The van der Waals surface area contributed by atoms with Gasteiger partial charge in [-0.25, -0.2) is 9.38 Å². The Balaban J connectivity index is 1.40. The predicted octanol–water partition coefficient (Wildman–Crippen LogP) is 3.64. The Kier molecular flexibility index (Phi) is 8.57. The number of hydrogen-bond acceptors (Lipinski definition) is 4. The zero-order valence-electron chi connectivity index (χ0n) is 20.8. The molecule has 2 aliphatic carbocycles. The summed E-state index contributed by atoms with van der Waals surface area (Å²) in [5.74, 6) is -0.625. The molecule has 2 amide bonds. The van der Waals surface area contributed by atoms with E-state index in [-0.39, 0.29) is 36.0 Å². The van der Waals surface area contributed by atoms with E-state index in [4.69, 9.17) is 10.5 Å². The zero-order chi connectivity index (χ0) is 25.5. The maximum absolute atomic E-state index is 13.7. The van der Waals surface area contributed by atoms with Crippen LogP contribution >= 0.6 is 0 Å². The number of guanidine groups is 1. The quantitative estimate of drug-likeness (QED) is 0.385. The molecule has 0 bridgehead atoms. The molecule has 0 radical (unpaired) electrons. The van der Waals surface area contributed by atoms with Crippen molar-refractivity contribution in [3.8, 4) is 5.75 Å². The normalized spacial score (nSPS) is 17.3. The molecular weight excluding hydrogens is 459 g/mol. The van der Waals surface area contributed by atoms with Gasteiger partial charge in [0.15, 0.2) is 17.5 Å². The number of carbonyl (C=O) groups excluding carboxylic acids is 2. The molecule has 8 heteroatoms. The van der Waals surface area contributed by atoms with E-state index in [1.54, 1.807) is 12.1 Å². The van der Waals surface area contributed by atoms with E-state index in [0.717, 1.165) is 25.7 Å². The van der Waals surface area contributed by atoms with Crippen LogP contribution in [0.4, 0.5) is 4.39 Å². The molecule has 2 aliphatic rings. The van der Waals surface area contributed by atoms with Crippen molar-refractivity contribution in [1.82, 2.24) is 10.6 Å². The minimum Gasteiger partial charge on any atom is -0.494 e. The fourth-order valence-electron chi connectivity index (χ4n) is 5.25. The van der Waals surface area contributed by atoms with E-state index < -0.39 is 11.9 Å². The highest BCUT2D eigenvalue weighted by Gasteiger charge is 2.28. The molecule has 0 heterocycles. The molecule has 1 saturated carbocycles. The van der Waals surface area contributed by atoms with Crippen LogP contribution in [0.5, 0.6) is 5.75 Å². The average Bonchev–Trinajstić information content (AvgIpc) is 3.33. The van der Waals surface area contributed by atoms with Crippen molar-refractivity contribution in [1.29, 1.82) is 0 Å². The van der Waals surface area contributed by atoms with Crippen LogP contribution in [0.1, 0.15) is 55.2 Å². The Morgan fingerprint density at radius 1 is 1.11 bits per heavy atom. The van der Waals surface area contributed by atoms with Crippen molar-refractivity contribution >= 4 is 17.8 Å². The highest BCUT2D eigenvalue weighted by molar-refractivity contribution is 5.98. The number of hydrogen-bond donors (Lipinski definition) is 3. The number of amides is 2. The van der Waals surface area contributed by atoms with Gasteiger partial charge in [-0.15, -0.1) is 0 Å². The summed E-state index contributed by atoms with van der Waals surface area (Å²) < 4.78 is 18.7. The van der Waals surface area contributed by atoms with Gasteiger partial charge in [0.05, 0.1) is 7.11 Å². The number of nitrogens with zero attached hydrogens (tertiary/aromatic N) is 1. The van der Waals surface area contributed by atoms with Gasteiger partial charge in [-0.05, 0) is 54.0 Å². The third-order valence-electron chi connectivity index (χ3n) is 7.23. The van der Waals surface area contributed by atoms with E-state index >= 15 is 0 Å². The molecule has 0 aromatic heterocycles. The first-order valence-electron chi connectivity index (χ1n) is 12.7. The first-order chi connectivity index (χ1) is 17.4. The Morgan fingerprint density at radius 2 is 1.81 bits per heavy atom. The van der Waals surface area contributed by atoms with Crippen molar-refractivity contribution in [2.45, 2.75) is 64.0 Å². The standard InChI is InChI=1S/C28H35FN4O3/c1-36-25-14-19(11-12-23(25)29)17-31-27(35)24(13-18-7-3-2-4-8-18)32-28(30)33-26(34)22-15-20-9-5-6-10-21(20)16-22/h5-6,9-12,14,18,22,24H,2-4,7-8,13,15-17H2,1H3,(H,31,35)(H3,30,32,33,34). The van der Waals surface area contributed by atoms with E-state index in [0.29, 0.717) is 30.7 Å². The molecule has 7 nitrogen and oxygen atoms in total. The molecule has 4 N–H and O–H groups in total. The Hall–Kier alpha value is -3.42. The SMILES string of the molecule is COc1cc(CNC(=O)C(CC2CCCCC2)N=C(N)NC(=O)C2Cc3ccccc3C2)ccc1F. The van der Waals surface area contributed by atoms with Crippen LogP contribution in [0.2, 0.25) is 0 Å². The van der Waals surface area contributed by atoms with Crippen molar-refractivity contribution in [2.75, 3.05) is 7.11 Å². The van der Waals surface area contributed by atoms with Crippen LogP contribution in [0.15, 0.2) is 47.5 Å². The first-order valence-corrected chi connectivity index (χ1v) is 12.7. The number of fused-ring (bicyclic) bond motifs is 1. The molecule has 36 heavy (non-hydrogen) atoms. The maximum Gasteiger partial charge on any atom is 0.245 e. The van der Waals surface area contributed by atoms with Gasteiger partial charge in [-0.1, -0.05) is 62.4 Å². The lowest BCUT2D eigenvalue weighted by atomic mass is 9.84. The van der Waals surface area contributed by atoms with Crippen molar-refractivity contribution in [3.63, 3.8) is 0 Å². The number of benzene rings is 2. The van der Waals surface area contributed by atoms with Crippen molar-refractivity contribution < 1.29 is 18.7 Å². The lowest BCUT2D eigenvalue weighted by Crippen LogP contribution is -2.43. The number of halogens is 1. The number of carbonyl (C=O) groups is 2. The van der Waals surface area contributed by atoms with Gasteiger partial charge in [-0.3, -0.25) is 14.9 Å². The Labute approximate surface area is 211 Å². The van der Waals surface area contributed by atoms with Gasteiger partial charge >= 0.3 is 0 Å². The molecule has 2 aromatic carbocycles. The second-order valence-electron chi connectivity index (χ2n) is 9.82. The van der Waals surface area contributed by atoms with Crippen LogP contribution in [0.25, 0.3) is 0 Å². The molecule has 192 valence electrons. The summed E-state index contributed by atoms with van der Waals surface area (Å²) in [4.78, 5) is 30.5. The minimum atomic E-state index is -0.712. The first kappa shape index (κ1) is 25.7. The van der Waals surface area contributed by atoms with Crippen LogP contribution in [-0.4, -0.2) is 30.9 Å². The third-order valence-corrected chi connectivity index (χ3v) is 7.23. The molecule has 0 spiro atoms. The molecular formula is C28H35FN4O3. The maximum atomic E-state index is 13.7. The molecule has 2 aromatic rings. The van der Waals surface area contributed by atoms with Gasteiger partial charge < -0.3 is 15.8 Å². The van der Waals surface area contributed by atoms with Gasteiger partial charge in [0.1, 0.15) is 6.04 Å². The van der Waals surface area contributed by atoms with Gasteiger partial charge in [0.25, 0.3) is 0 Å². The smallest absolute Gasteiger partial charge is 0.245 e. The van der Waals surface area contributed by atoms with Crippen LogP contribution in [-0.2, 0) is 29.0 Å². The van der Waals surface area contributed by atoms with Crippen molar-refractivity contribution in [3.05, 3.63) is 65.0 Å². The van der Waals surface area contributed by atoms with Crippen molar-refractivity contribution in [2.24, 2.45) is 22.6 Å². The molecule has 1 unspecified atom stereocenters. The van der Waals surface area contributed by atoms with Gasteiger partial charge in [-0.2, -0.15) is 0 Å². The summed E-state index contributed by atoms with van der Waals surface area (Å²) >= 11 is 0. The second kappa shape index (κ2) is 12.0. The number of nitrogens with two attached hydrogens (primary N) is 1. The highest BCUT2D eigenvalue weighted by atomic mass is 19.1. The van der Waals surface area contributed by atoms with E-state index in [9.17, 15) is 14.0 Å². The van der Waals surface area contributed by atoms with E-state index in [1.165, 1.54) is 30.7 Å². The predicted molar refractivity (Wildman–Crippen MR) is 137 cm³/mol. The summed E-state index contributed by atoms with van der Waals surface area (Å²) in [7, 11) is 1.40. The number of ether oxygens (including phenoxy) is 1. The Bertz CT molecular complexity index is 1090. The molecule has 4 rings (SSSR count). The fraction of sp³-hybridized carbons (Fsp3) is 0.464. The lowest BCUT2D eigenvalue weighted by Gasteiger charge is -2.24. The monoisotopic (exact) mass is 494 g/mol. The van der Waals surface area contributed by atoms with Crippen LogP contribution in [0.3, 0.4) is 0 Å². The molecule has 0 aliphatic heterocycles. The average molecular weight is 495 g/mol. The summed E-state index contributed by atoms with van der Waals surface area (Å²) in [6.07, 6.45) is 7.53. The largest absolute Gasteiger partial charge is 0.494 e. The molecule has 1 atom stereocenters. The number of methoxy groups -OCH3 is 1. The van der Waals surface area contributed by atoms with Crippen LogP contribution in [0, 0.1) is 17.7 Å². The van der Waals surface area contributed by atoms with E-state index in [2.05, 4.69) is 15.6 Å². The lowest BCUT2D eigenvalue weighted by molar-refractivity contribution is -0.124. The number of nitrogens with one attached hydrogen (secondary N) is 2. The van der Waals surface area contributed by atoms with Crippen LogP contribution < -0.4 is 21.1 Å². The summed E-state index contributed by atoms with van der Waals surface area (Å²) in [5, 5.41) is 5.62. The zero-order valence-corrected chi connectivity index (χ0v) is 20.8. The Morgan fingerprint density at radius 3 is 2.47 bits per heavy atom. The van der Waals surface area contributed by atoms with E-state index in [1.807, 2.05) is 24.3 Å². The number of rotatable bonds is 8. The van der Waals surface area contributed by atoms with Gasteiger partial charge in [0.2, 0.25) is 11.8 Å². The molecule has 0 saturated heterocycles. The fourth-order valence-corrected chi connectivity index (χ4v) is 5.25. The topological polar surface area (TPSA) is 106 Å². The van der Waals surface area contributed by atoms with Gasteiger partial charge in [0, 0.05) is 12.5 Å².